The highest BCUT2D eigenvalue weighted by molar-refractivity contribution is 4.84. The third kappa shape index (κ3) is 2.22. The van der Waals surface area contributed by atoms with E-state index in [-0.39, 0.29) is 0 Å². The van der Waals surface area contributed by atoms with Crippen LogP contribution in [0.25, 0.3) is 0 Å². The van der Waals surface area contributed by atoms with E-state index in [1.807, 2.05) is 0 Å². The van der Waals surface area contributed by atoms with Gasteiger partial charge in [-0.15, -0.1) is 0 Å². The highest BCUT2D eigenvalue weighted by Gasteiger charge is 2.27. The maximum absolute atomic E-state index is 9.11. The number of rotatable bonds is 2. The van der Waals surface area contributed by atoms with E-state index in [1.165, 1.54) is 32.4 Å². The average molecular weight is 184 g/mol. The maximum atomic E-state index is 9.11. The van der Waals surface area contributed by atoms with Crippen LogP contribution in [0.15, 0.2) is 0 Å². The molecule has 0 aromatic rings. The molecule has 0 aromatic carbocycles. The lowest BCUT2D eigenvalue weighted by Gasteiger charge is -2.35. The van der Waals surface area contributed by atoms with Gasteiger partial charge in [-0.2, -0.15) is 0 Å². The summed E-state index contributed by atoms with van der Waals surface area (Å²) in [4.78, 5) is 2.56. The molecule has 0 aliphatic carbocycles. The second-order valence-corrected chi connectivity index (χ2v) is 4.33. The molecule has 2 atom stereocenters. The van der Waals surface area contributed by atoms with Gasteiger partial charge in [-0.3, -0.25) is 4.90 Å². The molecule has 13 heavy (non-hydrogen) atoms. The lowest BCUT2D eigenvalue weighted by atomic mass is 9.97. The Morgan fingerprint density at radius 2 is 2.31 bits per heavy atom. The number of nitrogens with zero attached hydrogens (tertiary/aromatic N) is 1. The Morgan fingerprint density at radius 1 is 1.38 bits per heavy atom. The van der Waals surface area contributed by atoms with Crippen LogP contribution in [-0.4, -0.2) is 48.8 Å². The molecule has 2 unspecified atom stereocenters. The van der Waals surface area contributed by atoms with Crippen molar-refractivity contribution in [1.29, 1.82) is 0 Å². The lowest BCUT2D eigenvalue weighted by Crippen LogP contribution is -2.44. The van der Waals surface area contributed by atoms with E-state index >= 15 is 0 Å². The van der Waals surface area contributed by atoms with Gasteiger partial charge in [-0.25, -0.2) is 0 Å². The molecule has 2 fully saturated rings. The minimum atomic E-state index is 0.372. The van der Waals surface area contributed by atoms with E-state index in [2.05, 4.69) is 10.2 Å². The molecular formula is C10H20N2O. The largest absolute Gasteiger partial charge is 0.396 e. The Morgan fingerprint density at radius 3 is 3.00 bits per heavy atom. The lowest BCUT2D eigenvalue weighted by molar-refractivity contribution is 0.0939. The van der Waals surface area contributed by atoms with Gasteiger partial charge in [0, 0.05) is 25.7 Å². The first-order valence-electron chi connectivity index (χ1n) is 5.46. The molecule has 0 amide bonds. The van der Waals surface area contributed by atoms with E-state index < -0.39 is 0 Å². The number of piperidine rings is 1. The Kier molecular flexibility index (Phi) is 3.19. The fraction of sp³-hybridized carbons (Fsp3) is 1.00. The molecule has 3 nitrogen and oxygen atoms in total. The summed E-state index contributed by atoms with van der Waals surface area (Å²) in [6, 6.07) is 0.745. The normalized spacial score (nSPS) is 36.7. The third-order valence-corrected chi connectivity index (χ3v) is 3.36. The van der Waals surface area contributed by atoms with Gasteiger partial charge in [0.1, 0.15) is 0 Å². The standard InChI is InChI=1S/C10H20N2O/c13-8-9-2-1-5-12(7-9)10-3-4-11-6-10/h9-11,13H,1-8H2. The number of likely N-dealkylation sites (tertiary alicyclic amines) is 1. The van der Waals surface area contributed by atoms with E-state index in [1.54, 1.807) is 0 Å². The van der Waals surface area contributed by atoms with Gasteiger partial charge in [0.15, 0.2) is 0 Å². The molecule has 2 rings (SSSR count). The van der Waals surface area contributed by atoms with Crippen molar-refractivity contribution < 1.29 is 5.11 Å². The molecule has 0 radical (unpaired) electrons. The van der Waals surface area contributed by atoms with Crippen LogP contribution in [0.1, 0.15) is 19.3 Å². The first kappa shape index (κ1) is 9.44. The van der Waals surface area contributed by atoms with Crippen LogP contribution < -0.4 is 5.32 Å². The summed E-state index contributed by atoms with van der Waals surface area (Å²) in [5.74, 6) is 0.536. The molecule has 3 heteroatoms. The van der Waals surface area contributed by atoms with Crippen LogP contribution in [-0.2, 0) is 0 Å². The van der Waals surface area contributed by atoms with Crippen LogP contribution in [0, 0.1) is 5.92 Å². The van der Waals surface area contributed by atoms with E-state index in [0.717, 1.165) is 19.1 Å². The molecule has 0 bridgehead atoms. The van der Waals surface area contributed by atoms with Gasteiger partial charge >= 0.3 is 0 Å². The minimum absolute atomic E-state index is 0.372. The number of hydrogen-bond donors (Lipinski definition) is 2. The van der Waals surface area contributed by atoms with Crippen LogP contribution >= 0.6 is 0 Å². The maximum Gasteiger partial charge on any atom is 0.0471 e. The number of hydrogen-bond acceptors (Lipinski definition) is 3. The number of nitrogens with one attached hydrogen (secondary N) is 1. The fourth-order valence-corrected chi connectivity index (χ4v) is 2.53. The van der Waals surface area contributed by atoms with Crippen molar-refractivity contribution >= 4 is 0 Å². The first-order valence-corrected chi connectivity index (χ1v) is 5.46. The zero-order chi connectivity index (χ0) is 9.10. The van der Waals surface area contributed by atoms with Gasteiger partial charge in [0.2, 0.25) is 0 Å². The molecule has 2 heterocycles. The molecular weight excluding hydrogens is 164 g/mol. The second-order valence-electron chi connectivity index (χ2n) is 4.33. The van der Waals surface area contributed by atoms with Crippen molar-refractivity contribution in [3.63, 3.8) is 0 Å². The predicted molar refractivity (Wildman–Crippen MR) is 52.7 cm³/mol. The van der Waals surface area contributed by atoms with Crippen molar-refractivity contribution in [2.45, 2.75) is 25.3 Å². The van der Waals surface area contributed by atoms with E-state index in [9.17, 15) is 0 Å². The Balaban J connectivity index is 1.84. The molecule has 0 aromatic heterocycles. The summed E-state index contributed by atoms with van der Waals surface area (Å²) in [6.07, 6.45) is 3.77. The topological polar surface area (TPSA) is 35.5 Å². The Bertz CT molecular complexity index is 157. The number of aliphatic hydroxyl groups is 1. The summed E-state index contributed by atoms with van der Waals surface area (Å²) in [6.45, 7) is 5.05. The highest BCUT2D eigenvalue weighted by atomic mass is 16.3. The van der Waals surface area contributed by atoms with Crippen molar-refractivity contribution in [3.05, 3.63) is 0 Å². The summed E-state index contributed by atoms with van der Waals surface area (Å²) in [5, 5.41) is 12.5. The molecule has 2 N–H and O–H groups in total. The van der Waals surface area contributed by atoms with Crippen molar-refractivity contribution in [3.8, 4) is 0 Å². The highest BCUT2D eigenvalue weighted by Crippen LogP contribution is 2.20. The smallest absolute Gasteiger partial charge is 0.0471 e. The van der Waals surface area contributed by atoms with Gasteiger partial charge in [-0.1, -0.05) is 0 Å². The summed E-state index contributed by atoms with van der Waals surface area (Å²) < 4.78 is 0. The van der Waals surface area contributed by atoms with Crippen molar-refractivity contribution in [1.82, 2.24) is 10.2 Å². The Labute approximate surface area is 80.1 Å². The van der Waals surface area contributed by atoms with Gasteiger partial charge < -0.3 is 10.4 Å². The second kappa shape index (κ2) is 4.40. The summed E-state index contributed by atoms with van der Waals surface area (Å²) >= 11 is 0. The Hall–Kier alpha value is -0.120. The SMILES string of the molecule is OCC1CCCN(C2CCNC2)C1. The monoisotopic (exact) mass is 184 g/mol. The zero-order valence-corrected chi connectivity index (χ0v) is 8.21. The molecule has 2 aliphatic rings. The van der Waals surface area contributed by atoms with Crippen LogP contribution in [0.3, 0.4) is 0 Å². The third-order valence-electron chi connectivity index (χ3n) is 3.36. The quantitative estimate of drug-likeness (QED) is 0.636. The fourth-order valence-electron chi connectivity index (χ4n) is 2.53. The molecule has 76 valence electrons. The van der Waals surface area contributed by atoms with Crippen LogP contribution in [0.4, 0.5) is 0 Å². The van der Waals surface area contributed by atoms with Crippen LogP contribution in [0.5, 0.6) is 0 Å². The van der Waals surface area contributed by atoms with E-state index in [0.29, 0.717) is 12.5 Å². The van der Waals surface area contributed by atoms with Crippen molar-refractivity contribution in [2.75, 3.05) is 32.8 Å². The van der Waals surface area contributed by atoms with E-state index in [4.69, 9.17) is 5.11 Å². The van der Waals surface area contributed by atoms with Gasteiger partial charge in [-0.05, 0) is 38.3 Å². The van der Waals surface area contributed by atoms with Gasteiger partial charge in [0.05, 0.1) is 0 Å². The number of aliphatic hydroxyl groups excluding tert-OH is 1. The van der Waals surface area contributed by atoms with Crippen molar-refractivity contribution in [2.24, 2.45) is 5.92 Å². The molecule has 0 spiro atoms. The minimum Gasteiger partial charge on any atom is -0.396 e. The summed E-state index contributed by atoms with van der Waals surface area (Å²) in [5.41, 5.74) is 0. The van der Waals surface area contributed by atoms with Crippen LogP contribution in [0.2, 0.25) is 0 Å². The summed E-state index contributed by atoms with van der Waals surface area (Å²) in [7, 11) is 0. The molecule has 2 saturated heterocycles. The zero-order valence-electron chi connectivity index (χ0n) is 8.21. The first-order chi connectivity index (χ1) is 6.40. The van der Waals surface area contributed by atoms with Gasteiger partial charge in [0.25, 0.3) is 0 Å². The molecule has 0 saturated carbocycles. The average Bonchev–Trinajstić information content (AvgIpc) is 2.71. The molecule has 2 aliphatic heterocycles. The predicted octanol–water partition coefficient (Wildman–Crippen LogP) is 0.0526.